The van der Waals surface area contributed by atoms with E-state index in [-0.39, 0.29) is 18.3 Å². The monoisotopic (exact) mass is 340 g/mol. The molecule has 2 aliphatic rings. The first-order chi connectivity index (χ1) is 10.7. The van der Waals surface area contributed by atoms with Gasteiger partial charge in [-0.1, -0.05) is 0 Å². The Bertz CT molecular complexity index is 540. The Morgan fingerprint density at radius 3 is 2.35 bits per heavy atom. The molecule has 1 aromatic rings. The van der Waals surface area contributed by atoms with Crippen molar-refractivity contribution in [1.29, 1.82) is 0 Å². The smallest absolute Gasteiger partial charge is 0.254 e. The van der Waals surface area contributed by atoms with Gasteiger partial charge in [-0.2, -0.15) is 0 Å². The Kier molecular flexibility index (Phi) is 5.76. The molecule has 3 rings (SSSR count). The maximum atomic E-state index is 13.0. The largest absolute Gasteiger partial charge is 0.496 e. The van der Waals surface area contributed by atoms with Crippen LogP contribution in [0, 0.1) is 6.92 Å². The molecule has 2 atom stereocenters. The third kappa shape index (κ3) is 3.26. The van der Waals surface area contributed by atoms with Crippen molar-refractivity contribution in [1.82, 2.24) is 10.2 Å². The number of hydrogen-bond donors (Lipinski definition) is 1. The highest BCUT2D eigenvalue weighted by atomic mass is 35.5. The molecule has 1 amide bonds. The molecule has 1 aromatic carbocycles. The zero-order valence-electron chi connectivity index (χ0n) is 13.9. The van der Waals surface area contributed by atoms with Crippen molar-refractivity contribution < 1.29 is 14.3 Å². The molecule has 128 valence electrons. The van der Waals surface area contributed by atoms with Crippen molar-refractivity contribution in [3.63, 3.8) is 0 Å². The summed E-state index contributed by atoms with van der Waals surface area (Å²) in [5.74, 6) is 1.48. The van der Waals surface area contributed by atoms with Gasteiger partial charge in [0.25, 0.3) is 5.91 Å². The molecule has 2 fully saturated rings. The van der Waals surface area contributed by atoms with Crippen LogP contribution in [0.1, 0.15) is 35.2 Å². The lowest BCUT2D eigenvalue weighted by atomic mass is 10.1. The predicted octanol–water partition coefficient (Wildman–Crippen LogP) is 2.40. The first-order valence-electron chi connectivity index (χ1n) is 7.91. The molecule has 2 heterocycles. The maximum Gasteiger partial charge on any atom is 0.254 e. The second-order valence-electron chi connectivity index (χ2n) is 6.10. The fourth-order valence-electron chi connectivity index (χ4n) is 3.67. The van der Waals surface area contributed by atoms with E-state index >= 15 is 0 Å². The number of methoxy groups -OCH3 is 2. The van der Waals surface area contributed by atoms with Crippen LogP contribution in [-0.4, -0.2) is 50.2 Å². The number of hydrogen-bond acceptors (Lipinski definition) is 4. The van der Waals surface area contributed by atoms with Crippen LogP contribution in [0.25, 0.3) is 0 Å². The molecule has 2 aliphatic heterocycles. The molecule has 0 radical (unpaired) electrons. The zero-order valence-corrected chi connectivity index (χ0v) is 14.7. The van der Waals surface area contributed by atoms with Crippen LogP contribution < -0.4 is 14.8 Å². The standard InChI is InChI=1S/C17H24N2O3.ClH/c1-11-15(21-2)8-12(9-16(11)22-3)17(20)19-13-4-5-14(19)10-18-7-6-13;/h8-9,13-14,18H,4-7,10H2,1-3H3;1H. The first kappa shape index (κ1) is 17.9. The average molecular weight is 341 g/mol. The van der Waals surface area contributed by atoms with E-state index in [2.05, 4.69) is 10.2 Å². The van der Waals surface area contributed by atoms with Crippen LogP contribution in [0.2, 0.25) is 0 Å². The summed E-state index contributed by atoms with van der Waals surface area (Å²) in [5.41, 5.74) is 1.57. The lowest BCUT2D eigenvalue weighted by molar-refractivity contribution is 0.0679. The van der Waals surface area contributed by atoms with Crippen molar-refractivity contribution in [2.45, 2.75) is 38.3 Å². The highest BCUT2D eigenvalue weighted by molar-refractivity contribution is 5.96. The van der Waals surface area contributed by atoms with Crippen LogP contribution in [0.15, 0.2) is 12.1 Å². The topological polar surface area (TPSA) is 50.8 Å². The van der Waals surface area contributed by atoms with Crippen molar-refractivity contribution >= 4 is 18.3 Å². The van der Waals surface area contributed by atoms with Gasteiger partial charge in [-0.25, -0.2) is 0 Å². The van der Waals surface area contributed by atoms with Crippen molar-refractivity contribution in [3.8, 4) is 11.5 Å². The van der Waals surface area contributed by atoms with Gasteiger partial charge in [0.15, 0.2) is 0 Å². The summed E-state index contributed by atoms with van der Waals surface area (Å²) >= 11 is 0. The molecule has 2 bridgehead atoms. The third-order valence-electron chi connectivity index (χ3n) is 4.89. The van der Waals surface area contributed by atoms with Gasteiger partial charge in [-0.15, -0.1) is 12.4 Å². The Morgan fingerprint density at radius 1 is 1.13 bits per heavy atom. The second kappa shape index (κ2) is 7.41. The number of nitrogens with one attached hydrogen (secondary N) is 1. The fraction of sp³-hybridized carbons (Fsp3) is 0.588. The Labute approximate surface area is 143 Å². The van der Waals surface area contributed by atoms with Gasteiger partial charge in [0, 0.05) is 29.8 Å². The van der Waals surface area contributed by atoms with E-state index in [1.54, 1.807) is 14.2 Å². The lowest BCUT2D eigenvalue weighted by Gasteiger charge is -2.28. The van der Waals surface area contributed by atoms with E-state index in [1.165, 1.54) is 0 Å². The summed E-state index contributed by atoms with van der Waals surface area (Å²) in [5, 5.41) is 3.43. The molecular formula is C17H25ClN2O3. The van der Waals surface area contributed by atoms with Gasteiger partial charge in [-0.05, 0) is 44.9 Å². The van der Waals surface area contributed by atoms with Gasteiger partial charge in [-0.3, -0.25) is 4.79 Å². The SMILES string of the molecule is COc1cc(C(=O)N2C3CCNCC2CC3)cc(OC)c1C.Cl. The molecular weight excluding hydrogens is 316 g/mol. The Balaban J connectivity index is 0.00000192. The zero-order chi connectivity index (χ0) is 15.7. The lowest BCUT2D eigenvalue weighted by Crippen LogP contribution is -2.42. The maximum absolute atomic E-state index is 13.0. The molecule has 0 aliphatic carbocycles. The molecule has 1 N–H and O–H groups in total. The van der Waals surface area contributed by atoms with E-state index in [4.69, 9.17) is 9.47 Å². The van der Waals surface area contributed by atoms with E-state index in [0.717, 1.165) is 37.9 Å². The molecule has 0 aromatic heterocycles. The van der Waals surface area contributed by atoms with E-state index in [1.807, 2.05) is 19.1 Å². The van der Waals surface area contributed by atoms with Crippen LogP contribution in [0.4, 0.5) is 0 Å². The molecule has 5 nitrogen and oxygen atoms in total. The average Bonchev–Trinajstić information content (AvgIpc) is 2.79. The minimum Gasteiger partial charge on any atom is -0.496 e. The number of amides is 1. The van der Waals surface area contributed by atoms with E-state index in [9.17, 15) is 4.79 Å². The summed E-state index contributed by atoms with van der Waals surface area (Å²) < 4.78 is 10.8. The van der Waals surface area contributed by atoms with Crippen molar-refractivity contribution in [2.24, 2.45) is 0 Å². The molecule has 2 saturated heterocycles. The molecule has 0 saturated carbocycles. The van der Waals surface area contributed by atoms with Gasteiger partial charge in [0.2, 0.25) is 0 Å². The number of ether oxygens (including phenoxy) is 2. The van der Waals surface area contributed by atoms with Gasteiger partial charge >= 0.3 is 0 Å². The Hall–Kier alpha value is -1.46. The number of halogens is 1. The van der Waals surface area contributed by atoms with Gasteiger partial charge in [0.05, 0.1) is 14.2 Å². The predicted molar refractivity (Wildman–Crippen MR) is 92.0 cm³/mol. The minimum atomic E-state index is 0. The number of rotatable bonds is 3. The summed E-state index contributed by atoms with van der Waals surface area (Å²) in [6.45, 7) is 3.82. The highest BCUT2D eigenvalue weighted by Crippen LogP contribution is 2.33. The molecule has 2 unspecified atom stereocenters. The Morgan fingerprint density at radius 2 is 1.74 bits per heavy atom. The van der Waals surface area contributed by atoms with Crippen LogP contribution >= 0.6 is 12.4 Å². The molecule has 6 heteroatoms. The van der Waals surface area contributed by atoms with Crippen LogP contribution in [-0.2, 0) is 0 Å². The molecule has 23 heavy (non-hydrogen) atoms. The highest BCUT2D eigenvalue weighted by Gasteiger charge is 2.38. The number of nitrogens with zero attached hydrogens (tertiary/aromatic N) is 1. The number of carbonyl (C=O) groups excluding carboxylic acids is 1. The number of benzene rings is 1. The van der Waals surface area contributed by atoms with Crippen LogP contribution in [0.5, 0.6) is 11.5 Å². The molecule has 0 spiro atoms. The van der Waals surface area contributed by atoms with Gasteiger partial charge < -0.3 is 19.7 Å². The quantitative estimate of drug-likeness (QED) is 0.918. The van der Waals surface area contributed by atoms with Gasteiger partial charge in [0.1, 0.15) is 11.5 Å². The summed E-state index contributed by atoms with van der Waals surface area (Å²) in [6, 6.07) is 4.32. The second-order valence-corrected chi connectivity index (χ2v) is 6.10. The fourth-order valence-corrected chi connectivity index (χ4v) is 3.67. The van der Waals surface area contributed by atoms with Crippen molar-refractivity contribution in [3.05, 3.63) is 23.3 Å². The van der Waals surface area contributed by atoms with E-state index < -0.39 is 0 Å². The van der Waals surface area contributed by atoms with Crippen molar-refractivity contribution in [2.75, 3.05) is 27.3 Å². The number of fused-ring (bicyclic) bond motifs is 2. The summed E-state index contributed by atoms with van der Waals surface area (Å²) in [6.07, 6.45) is 3.23. The number of carbonyl (C=O) groups is 1. The summed E-state index contributed by atoms with van der Waals surface area (Å²) in [4.78, 5) is 15.1. The minimum absolute atomic E-state index is 0. The first-order valence-corrected chi connectivity index (χ1v) is 7.91. The van der Waals surface area contributed by atoms with E-state index in [0.29, 0.717) is 29.1 Å². The summed E-state index contributed by atoms with van der Waals surface area (Å²) in [7, 11) is 3.24. The third-order valence-corrected chi connectivity index (χ3v) is 4.89. The van der Waals surface area contributed by atoms with Crippen LogP contribution in [0.3, 0.4) is 0 Å². The normalized spacial score (nSPS) is 23.0.